The molecule has 2 aromatic heterocycles. The highest BCUT2D eigenvalue weighted by atomic mass is 16.2. The number of nitrogens with one attached hydrogen (secondary N) is 1. The number of H-pyrrole nitrogens is 1. The average molecular weight is 297 g/mol. The molecule has 1 amide bonds. The molecule has 1 N–H and O–H groups in total. The van der Waals surface area contributed by atoms with E-state index in [1.165, 1.54) is 0 Å². The zero-order chi connectivity index (χ0) is 15.9. The van der Waals surface area contributed by atoms with Crippen molar-refractivity contribution in [3.05, 3.63) is 40.5 Å². The summed E-state index contributed by atoms with van der Waals surface area (Å²) in [5, 5.41) is 16.2. The number of aromatic nitrogens is 3. The average Bonchev–Trinajstić information content (AvgIpc) is 3.18. The molecule has 114 valence electrons. The van der Waals surface area contributed by atoms with E-state index in [2.05, 4.69) is 16.3 Å². The number of carbonyl (C=O) groups excluding carboxylic acids is 1. The first-order valence-electron chi connectivity index (χ1n) is 7.41. The third kappa shape index (κ3) is 2.19. The van der Waals surface area contributed by atoms with Crippen LogP contribution in [0.3, 0.4) is 0 Å². The number of aryl methyl sites for hydroxylation is 3. The Balaban J connectivity index is 1.95. The number of nitrogens with zero attached hydrogens (tertiary/aromatic N) is 4. The smallest absolute Gasteiger partial charge is 0.271 e. The highest BCUT2D eigenvalue weighted by Crippen LogP contribution is 2.35. The van der Waals surface area contributed by atoms with Gasteiger partial charge in [-0.25, -0.2) is 0 Å². The maximum atomic E-state index is 12.9. The molecule has 0 aromatic carbocycles. The molecule has 0 radical (unpaired) electrons. The van der Waals surface area contributed by atoms with Gasteiger partial charge >= 0.3 is 0 Å². The van der Waals surface area contributed by atoms with Gasteiger partial charge in [-0.05, 0) is 32.8 Å². The fraction of sp³-hybridized carbons (Fsp3) is 0.438. The highest BCUT2D eigenvalue weighted by molar-refractivity contribution is 5.93. The van der Waals surface area contributed by atoms with Crippen LogP contribution >= 0.6 is 0 Å². The molecule has 0 aliphatic carbocycles. The lowest BCUT2D eigenvalue weighted by molar-refractivity contribution is 0.0725. The normalized spacial score (nSPS) is 17.7. The van der Waals surface area contributed by atoms with Gasteiger partial charge in [0, 0.05) is 31.0 Å². The van der Waals surface area contributed by atoms with Crippen LogP contribution in [-0.2, 0) is 7.05 Å². The number of nitriles is 1. The molecule has 3 heterocycles. The number of hydrogen-bond donors (Lipinski definition) is 1. The van der Waals surface area contributed by atoms with Crippen LogP contribution in [0.1, 0.15) is 51.9 Å². The predicted molar refractivity (Wildman–Crippen MR) is 81.2 cm³/mol. The minimum atomic E-state index is -0.0218. The molecule has 22 heavy (non-hydrogen) atoms. The van der Waals surface area contributed by atoms with E-state index in [-0.39, 0.29) is 11.9 Å². The molecular formula is C16H19N5O. The van der Waals surface area contributed by atoms with Crippen LogP contribution in [0.25, 0.3) is 0 Å². The minimum absolute atomic E-state index is 0.0218. The molecule has 0 bridgehead atoms. The summed E-state index contributed by atoms with van der Waals surface area (Å²) < 4.78 is 1.73. The van der Waals surface area contributed by atoms with Gasteiger partial charge in [0.1, 0.15) is 11.8 Å². The van der Waals surface area contributed by atoms with Crippen LogP contribution < -0.4 is 0 Å². The van der Waals surface area contributed by atoms with Gasteiger partial charge in [-0.1, -0.05) is 0 Å². The van der Waals surface area contributed by atoms with Crippen LogP contribution in [0.4, 0.5) is 0 Å². The topological polar surface area (TPSA) is 77.7 Å². The van der Waals surface area contributed by atoms with Crippen molar-refractivity contribution < 1.29 is 4.79 Å². The van der Waals surface area contributed by atoms with Crippen molar-refractivity contribution in [2.24, 2.45) is 7.05 Å². The lowest BCUT2D eigenvalue weighted by atomic mass is 10.0. The van der Waals surface area contributed by atoms with Crippen LogP contribution in [0.5, 0.6) is 0 Å². The van der Waals surface area contributed by atoms with Crippen molar-refractivity contribution in [1.82, 2.24) is 19.7 Å². The number of amides is 1. The lowest BCUT2D eigenvalue weighted by Crippen LogP contribution is -2.32. The third-order valence-electron chi connectivity index (χ3n) is 4.39. The molecule has 1 atom stereocenters. The van der Waals surface area contributed by atoms with E-state index in [0.29, 0.717) is 11.3 Å². The second kappa shape index (κ2) is 5.34. The molecule has 2 aromatic rings. The Labute approximate surface area is 129 Å². The molecule has 3 rings (SSSR count). The second-order valence-electron chi connectivity index (χ2n) is 5.84. The molecule has 6 nitrogen and oxygen atoms in total. The summed E-state index contributed by atoms with van der Waals surface area (Å²) in [6, 6.07) is 3.81. The van der Waals surface area contributed by atoms with Gasteiger partial charge in [0.25, 0.3) is 5.91 Å². The van der Waals surface area contributed by atoms with Crippen molar-refractivity contribution in [2.75, 3.05) is 6.54 Å². The lowest BCUT2D eigenvalue weighted by Gasteiger charge is -2.25. The number of likely N-dealkylation sites (tertiary alicyclic amines) is 1. The predicted octanol–water partition coefficient (Wildman–Crippen LogP) is 2.21. The summed E-state index contributed by atoms with van der Waals surface area (Å²) in [4.78, 5) is 14.8. The van der Waals surface area contributed by atoms with E-state index < -0.39 is 0 Å². The Morgan fingerprint density at radius 3 is 2.86 bits per heavy atom. The van der Waals surface area contributed by atoms with E-state index in [1.807, 2.05) is 18.7 Å². The van der Waals surface area contributed by atoms with Crippen LogP contribution in [-0.4, -0.2) is 32.1 Å². The number of hydrogen-bond acceptors (Lipinski definition) is 3. The van der Waals surface area contributed by atoms with E-state index in [4.69, 9.17) is 5.26 Å². The summed E-state index contributed by atoms with van der Waals surface area (Å²) in [5.41, 5.74) is 4.17. The van der Waals surface area contributed by atoms with Gasteiger partial charge in [-0.15, -0.1) is 0 Å². The Morgan fingerprint density at radius 1 is 1.50 bits per heavy atom. The van der Waals surface area contributed by atoms with E-state index in [9.17, 15) is 4.79 Å². The molecule has 1 aliphatic rings. The summed E-state index contributed by atoms with van der Waals surface area (Å²) >= 11 is 0. The fourth-order valence-corrected chi connectivity index (χ4v) is 3.35. The maximum absolute atomic E-state index is 12.9. The van der Waals surface area contributed by atoms with Gasteiger partial charge in [-0.3, -0.25) is 9.89 Å². The quantitative estimate of drug-likeness (QED) is 0.923. The van der Waals surface area contributed by atoms with Crippen molar-refractivity contribution in [3.63, 3.8) is 0 Å². The summed E-state index contributed by atoms with van der Waals surface area (Å²) in [7, 11) is 1.80. The minimum Gasteiger partial charge on any atom is -0.345 e. The molecule has 0 spiro atoms. The third-order valence-corrected chi connectivity index (χ3v) is 4.39. The molecule has 0 saturated carbocycles. The largest absolute Gasteiger partial charge is 0.345 e. The standard InChI is InChI=1S/C16H19N5O/c1-10-15(11(2)19-18-10)13-5-4-6-21(13)16(22)14-7-12(8-17)9-20(14)3/h7,9,13H,4-6H2,1-3H3,(H,18,19). The number of aromatic amines is 1. The number of carbonyl (C=O) groups is 1. The first-order chi connectivity index (χ1) is 10.5. The molecule has 1 unspecified atom stereocenters. The van der Waals surface area contributed by atoms with Crippen LogP contribution in [0.15, 0.2) is 12.3 Å². The molecule has 1 aliphatic heterocycles. The first kappa shape index (κ1) is 14.4. The van der Waals surface area contributed by atoms with Crippen LogP contribution in [0.2, 0.25) is 0 Å². The Morgan fingerprint density at radius 2 is 2.27 bits per heavy atom. The Bertz CT molecular complexity index is 745. The highest BCUT2D eigenvalue weighted by Gasteiger charge is 2.34. The second-order valence-corrected chi connectivity index (χ2v) is 5.84. The van der Waals surface area contributed by atoms with Crippen LogP contribution in [0, 0.1) is 25.2 Å². The van der Waals surface area contributed by atoms with E-state index >= 15 is 0 Å². The molecule has 6 heteroatoms. The SMILES string of the molecule is Cc1n[nH]c(C)c1C1CCCN1C(=O)c1cc(C#N)cn1C. The van der Waals surface area contributed by atoms with Gasteiger partial charge in [-0.2, -0.15) is 10.4 Å². The van der Waals surface area contributed by atoms with Gasteiger partial charge in [0.15, 0.2) is 0 Å². The van der Waals surface area contributed by atoms with Gasteiger partial charge in [0.05, 0.1) is 17.3 Å². The first-order valence-corrected chi connectivity index (χ1v) is 7.41. The monoisotopic (exact) mass is 297 g/mol. The van der Waals surface area contributed by atoms with Crippen molar-refractivity contribution >= 4 is 5.91 Å². The Hall–Kier alpha value is -2.55. The Kier molecular flexibility index (Phi) is 3.49. The molecule has 1 saturated heterocycles. The fourth-order valence-electron chi connectivity index (χ4n) is 3.35. The maximum Gasteiger partial charge on any atom is 0.271 e. The van der Waals surface area contributed by atoms with Crippen molar-refractivity contribution in [3.8, 4) is 6.07 Å². The molecular weight excluding hydrogens is 278 g/mol. The summed E-state index contributed by atoms with van der Waals surface area (Å²) in [6.07, 6.45) is 3.62. The van der Waals surface area contributed by atoms with Gasteiger partial charge in [0.2, 0.25) is 0 Å². The molecule has 1 fully saturated rings. The van der Waals surface area contributed by atoms with Crippen molar-refractivity contribution in [2.45, 2.75) is 32.7 Å². The van der Waals surface area contributed by atoms with E-state index in [0.717, 1.165) is 36.3 Å². The zero-order valence-electron chi connectivity index (χ0n) is 13.1. The summed E-state index contributed by atoms with van der Waals surface area (Å²) in [6.45, 7) is 4.70. The zero-order valence-corrected chi connectivity index (χ0v) is 13.1. The summed E-state index contributed by atoms with van der Waals surface area (Å²) in [5.74, 6) is -0.0218. The number of rotatable bonds is 2. The van der Waals surface area contributed by atoms with E-state index in [1.54, 1.807) is 23.9 Å². The van der Waals surface area contributed by atoms with Gasteiger partial charge < -0.3 is 9.47 Å². The van der Waals surface area contributed by atoms with Crippen molar-refractivity contribution in [1.29, 1.82) is 5.26 Å².